The smallest absolute Gasteiger partial charge is 0.170 e. The molecule has 0 amide bonds. The summed E-state index contributed by atoms with van der Waals surface area (Å²) < 4.78 is 1.83. The van der Waals surface area contributed by atoms with Crippen LogP contribution in [0.1, 0.15) is 29.8 Å². The molecule has 3 aromatic rings. The molecule has 4 heteroatoms. The lowest BCUT2D eigenvalue weighted by Gasteiger charge is -2.28. The van der Waals surface area contributed by atoms with Gasteiger partial charge in [0.1, 0.15) is 5.69 Å². The first-order valence-corrected chi connectivity index (χ1v) is 8.81. The minimum absolute atomic E-state index is 0.443. The molecule has 0 saturated carbocycles. The van der Waals surface area contributed by atoms with Crippen molar-refractivity contribution in [1.82, 2.24) is 9.78 Å². The van der Waals surface area contributed by atoms with Crippen molar-refractivity contribution in [3.8, 4) is 16.9 Å². The van der Waals surface area contributed by atoms with Crippen LogP contribution in [0.15, 0.2) is 60.7 Å². The van der Waals surface area contributed by atoms with Gasteiger partial charge in [-0.25, -0.2) is 4.68 Å². The Balaban J connectivity index is 1.69. The Morgan fingerprint density at radius 3 is 2.24 bits per heavy atom. The van der Waals surface area contributed by atoms with E-state index < -0.39 is 0 Å². The molecule has 4 rings (SSSR count). The van der Waals surface area contributed by atoms with Crippen LogP contribution in [0.2, 0.25) is 0 Å². The predicted octanol–water partition coefficient (Wildman–Crippen LogP) is 4.34. The third-order valence-corrected chi connectivity index (χ3v) is 4.73. The summed E-state index contributed by atoms with van der Waals surface area (Å²) in [6.07, 6.45) is 4.67. The van der Waals surface area contributed by atoms with Crippen molar-refractivity contribution in [2.75, 3.05) is 18.0 Å². The fraction of sp³-hybridized carbons (Fsp3) is 0.238. The molecule has 1 saturated heterocycles. The molecular weight excluding hydrogens is 310 g/mol. The highest BCUT2D eigenvalue weighted by Gasteiger charge is 2.14. The Morgan fingerprint density at radius 1 is 0.840 bits per heavy atom. The molecule has 0 unspecified atom stereocenters. The number of rotatable bonds is 4. The Bertz CT molecular complexity index is 847. The normalized spacial score (nSPS) is 14.5. The number of piperidine rings is 1. The van der Waals surface area contributed by atoms with Crippen molar-refractivity contribution in [1.29, 1.82) is 0 Å². The molecule has 0 bridgehead atoms. The molecule has 0 N–H and O–H groups in total. The zero-order valence-corrected chi connectivity index (χ0v) is 14.1. The Hall–Kier alpha value is -2.88. The van der Waals surface area contributed by atoms with E-state index in [9.17, 15) is 4.79 Å². The average Bonchev–Trinajstić information content (AvgIpc) is 3.14. The maximum absolute atomic E-state index is 11.2. The monoisotopic (exact) mass is 331 g/mol. The molecule has 126 valence electrons. The molecule has 2 aromatic carbocycles. The molecule has 0 spiro atoms. The van der Waals surface area contributed by atoms with Crippen molar-refractivity contribution >= 4 is 12.0 Å². The maximum Gasteiger partial charge on any atom is 0.170 e. The summed E-state index contributed by atoms with van der Waals surface area (Å²) in [6.45, 7) is 2.27. The van der Waals surface area contributed by atoms with Crippen LogP contribution in [0.3, 0.4) is 0 Å². The molecule has 1 aliphatic heterocycles. The van der Waals surface area contributed by atoms with Crippen molar-refractivity contribution in [3.05, 3.63) is 66.4 Å². The van der Waals surface area contributed by atoms with Gasteiger partial charge in [-0.15, -0.1) is 0 Å². The van der Waals surface area contributed by atoms with Gasteiger partial charge in [-0.05, 0) is 49.6 Å². The van der Waals surface area contributed by atoms with Crippen LogP contribution in [-0.4, -0.2) is 29.2 Å². The number of hydrogen-bond donors (Lipinski definition) is 0. The molecule has 0 aliphatic carbocycles. The van der Waals surface area contributed by atoms with Gasteiger partial charge < -0.3 is 4.90 Å². The summed E-state index contributed by atoms with van der Waals surface area (Å²) in [5, 5.41) is 4.43. The van der Waals surface area contributed by atoms with Gasteiger partial charge in [-0.1, -0.05) is 30.3 Å². The number of hydrogen-bond acceptors (Lipinski definition) is 3. The van der Waals surface area contributed by atoms with Crippen LogP contribution in [0.5, 0.6) is 0 Å². The standard InChI is InChI=1S/C21H21N3O/c25-16-18-15-21(24(22-18)20-7-3-1-4-8-20)17-9-11-19(12-10-17)23-13-5-2-6-14-23/h1,3-4,7-12,15-16H,2,5-6,13-14H2. The fourth-order valence-electron chi connectivity index (χ4n) is 3.42. The van der Waals surface area contributed by atoms with Crippen LogP contribution >= 0.6 is 0 Å². The van der Waals surface area contributed by atoms with Crippen molar-refractivity contribution < 1.29 is 4.79 Å². The highest BCUT2D eigenvalue weighted by Crippen LogP contribution is 2.27. The van der Waals surface area contributed by atoms with E-state index in [0.29, 0.717) is 5.69 Å². The number of anilines is 1. The molecular formula is C21H21N3O. The van der Waals surface area contributed by atoms with E-state index in [2.05, 4.69) is 34.3 Å². The lowest BCUT2D eigenvalue weighted by molar-refractivity contribution is 0.111. The zero-order chi connectivity index (χ0) is 17.1. The summed E-state index contributed by atoms with van der Waals surface area (Å²) in [4.78, 5) is 13.7. The summed E-state index contributed by atoms with van der Waals surface area (Å²) in [7, 11) is 0. The second-order valence-electron chi connectivity index (χ2n) is 6.41. The maximum atomic E-state index is 11.2. The summed E-state index contributed by atoms with van der Waals surface area (Å²) in [5.41, 5.74) is 4.65. The number of nitrogens with zero attached hydrogens (tertiary/aromatic N) is 3. The van der Waals surface area contributed by atoms with Crippen LogP contribution in [0.25, 0.3) is 16.9 Å². The average molecular weight is 331 g/mol. The number of aromatic nitrogens is 2. The van der Waals surface area contributed by atoms with E-state index >= 15 is 0 Å². The first-order valence-electron chi connectivity index (χ1n) is 8.81. The van der Waals surface area contributed by atoms with Gasteiger partial charge in [0.15, 0.2) is 6.29 Å². The number of carbonyl (C=O) groups excluding carboxylic acids is 1. The topological polar surface area (TPSA) is 38.1 Å². The minimum atomic E-state index is 0.443. The first kappa shape index (κ1) is 15.6. The Labute approximate surface area is 147 Å². The van der Waals surface area contributed by atoms with Crippen molar-refractivity contribution in [3.63, 3.8) is 0 Å². The number of para-hydroxylation sites is 1. The van der Waals surface area contributed by atoms with E-state index in [4.69, 9.17) is 0 Å². The van der Waals surface area contributed by atoms with Gasteiger partial charge in [0, 0.05) is 24.3 Å². The van der Waals surface area contributed by atoms with E-state index in [1.54, 1.807) is 0 Å². The van der Waals surface area contributed by atoms with E-state index in [0.717, 1.165) is 36.3 Å². The third-order valence-electron chi connectivity index (χ3n) is 4.73. The molecule has 4 nitrogen and oxygen atoms in total. The number of aldehydes is 1. The van der Waals surface area contributed by atoms with Crippen LogP contribution in [0.4, 0.5) is 5.69 Å². The fourth-order valence-corrected chi connectivity index (χ4v) is 3.42. The molecule has 25 heavy (non-hydrogen) atoms. The van der Waals surface area contributed by atoms with Crippen molar-refractivity contribution in [2.45, 2.75) is 19.3 Å². The van der Waals surface area contributed by atoms with E-state index in [-0.39, 0.29) is 0 Å². The third kappa shape index (κ3) is 3.20. The van der Waals surface area contributed by atoms with Gasteiger partial charge in [-0.2, -0.15) is 5.10 Å². The summed E-state index contributed by atoms with van der Waals surface area (Å²) >= 11 is 0. The summed E-state index contributed by atoms with van der Waals surface area (Å²) in [5.74, 6) is 0. The zero-order valence-electron chi connectivity index (χ0n) is 14.1. The van der Waals surface area contributed by atoms with Crippen LogP contribution < -0.4 is 4.90 Å². The molecule has 0 radical (unpaired) electrons. The second kappa shape index (κ2) is 6.93. The predicted molar refractivity (Wildman–Crippen MR) is 100 cm³/mol. The lowest BCUT2D eigenvalue weighted by atomic mass is 10.1. The molecule has 2 heterocycles. The minimum Gasteiger partial charge on any atom is -0.372 e. The molecule has 0 atom stereocenters. The highest BCUT2D eigenvalue weighted by atomic mass is 16.1. The number of carbonyl (C=O) groups is 1. The SMILES string of the molecule is O=Cc1cc(-c2ccc(N3CCCCC3)cc2)n(-c2ccccc2)n1. The molecule has 1 aromatic heterocycles. The lowest BCUT2D eigenvalue weighted by Crippen LogP contribution is -2.29. The highest BCUT2D eigenvalue weighted by molar-refractivity contribution is 5.77. The Kier molecular flexibility index (Phi) is 4.34. The van der Waals surface area contributed by atoms with Crippen LogP contribution in [0, 0.1) is 0 Å². The largest absolute Gasteiger partial charge is 0.372 e. The van der Waals surface area contributed by atoms with Gasteiger partial charge in [-0.3, -0.25) is 4.79 Å². The van der Waals surface area contributed by atoms with Gasteiger partial charge in [0.2, 0.25) is 0 Å². The van der Waals surface area contributed by atoms with Crippen LogP contribution in [-0.2, 0) is 0 Å². The van der Waals surface area contributed by atoms with Gasteiger partial charge in [0.25, 0.3) is 0 Å². The molecule has 1 aliphatic rings. The molecule has 1 fully saturated rings. The van der Waals surface area contributed by atoms with Gasteiger partial charge in [0.05, 0.1) is 11.4 Å². The number of benzene rings is 2. The van der Waals surface area contributed by atoms with E-state index in [1.807, 2.05) is 41.1 Å². The second-order valence-corrected chi connectivity index (χ2v) is 6.41. The van der Waals surface area contributed by atoms with Crippen molar-refractivity contribution in [2.24, 2.45) is 0 Å². The van der Waals surface area contributed by atoms with Gasteiger partial charge >= 0.3 is 0 Å². The quantitative estimate of drug-likeness (QED) is 0.667. The summed E-state index contributed by atoms with van der Waals surface area (Å²) in [6, 6.07) is 20.3. The Morgan fingerprint density at radius 2 is 1.56 bits per heavy atom. The van der Waals surface area contributed by atoms with E-state index in [1.165, 1.54) is 24.9 Å². The first-order chi connectivity index (χ1) is 12.3.